The maximum atomic E-state index is 5.51. The van der Waals surface area contributed by atoms with Gasteiger partial charge in [0.25, 0.3) is 0 Å². The SMILES string of the molecule is CC(CCN)c1nnc2cnccn12. The van der Waals surface area contributed by atoms with Crippen LogP contribution in [0.25, 0.3) is 5.65 Å². The third-order valence-corrected chi connectivity index (χ3v) is 2.28. The molecule has 0 bridgehead atoms. The van der Waals surface area contributed by atoms with Crippen molar-refractivity contribution in [3.8, 4) is 0 Å². The van der Waals surface area contributed by atoms with E-state index in [4.69, 9.17) is 5.73 Å². The molecule has 1 atom stereocenters. The molecule has 2 aromatic rings. The first-order valence-corrected chi connectivity index (χ1v) is 4.67. The van der Waals surface area contributed by atoms with Crippen molar-refractivity contribution in [3.05, 3.63) is 24.4 Å². The fourth-order valence-electron chi connectivity index (χ4n) is 1.49. The molecule has 0 aromatic carbocycles. The number of hydrogen-bond acceptors (Lipinski definition) is 4. The average Bonchev–Trinajstić information content (AvgIpc) is 2.61. The van der Waals surface area contributed by atoms with Gasteiger partial charge in [0.1, 0.15) is 5.82 Å². The van der Waals surface area contributed by atoms with Crippen LogP contribution in [0, 0.1) is 0 Å². The summed E-state index contributed by atoms with van der Waals surface area (Å²) in [5.74, 6) is 1.28. The van der Waals surface area contributed by atoms with Crippen molar-refractivity contribution in [2.24, 2.45) is 5.73 Å². The van der Waals surface area contributed by atoms with Gasteiger partial charge in [-0.05, 0) is 13.0 Å². The molecule has 0 aliphatic carbocycles. The van der Waals surface area contributed by atoms with Crippen molar-refractivity contribution < 1.29 is 0 Å². The number of nitrogens with two attached hydrogens (primary N) is 1. The fraction of sp³-hybridized carbons (Fsp3) is 0.444. The Bertz CT molecular complexity index is 422. The van der Waals surface area contributed by atoms with E-state index in [2.05, 4.69) is 22.1 Å². The van der Waals surface area contributed by atoms with Crippen molar-refractivity contribution in [1.29, 1.82) is 0 Å². The van der Waals surface area contributed by atoms with Crippen LogP contribution in [0.15, 0.2) is 18.6 Å². The van der Waals surface area contributed by atoms with Gasteiger partial charge in [0, 0.05) is 18.3 Å². The van der Waals surface area contributed by atoms with Crippen LogP contribution >= 0.6 is 0 Å². The maximum absolute atomic E-state index is 5.51. The van der Waals surface area contributed by atoms with Gasteiger partial charge in [0.15, 0.2) is 5.65 Å². The number of nitrogens with zero attached hydrogens (tertiary/aromatic N) is 4. The summed E-state index contributed by atoms with van der Waals surface area (Å²) in [5.41, 5.74) is 6.29. The average molecular weight is 191 g/mol. The molecule has 2 heterocycles. The highest BCUT2D eigenvalue weighted by atomic mass is 15.3. The van der Waals surface area contributed by atoms with Gasteiger partial charge in [-0.15, -0.1) is 10.2 Å². The van der Waals surface area contributed by atoms with E-state index in [0.717, 1.165) is 17.9 Å². The molecular formula is C9H13N5. The maximum Gasteiger partial charge on any atom is 0.179 e. The lowest BCUT2D eigenvalue weighted by Crippen LogP contribution is -2.07. The summed E-state index contributed by atoms with van der Waals surface area (Å²) in [6.07, 6.45) is 6.22. The summed E-state index contributed by atoms with van der Waals surface area (Å²) in [7, 11) is 0. The van der Waals surface area contributed by atoms with Crippen LogP contribution in [0.1, 0.15) is 25.1 Å². The van der Waals surface area contributed by atoms with Gasteiger partial charge in [-0.2, -0.15) is 0 Å². The van der Waals surface area contributed by atoms with Crippen molar-refractivity contribution >= 4 is 5.65 Å². The molecule has 0 aliphatic heterocycles. The van der Waals surface area contributed by atoms with Gasteiger partial charge in [-0.25, -0.2) is 0 Å². The Hall–Kier alpha value is -1.49. The molecule has 5 heteroatoms. The van der Waals surface area contributed by atoms with E-state index in [1.54, 1.807) is 12.4 Å². The minimum Gasteiger partial charge on any atom is -0.330 e. The molecule has 0 saturated carbocycles. The Morgan fingerprint density at radius 3 is 3.14 bits per heavy atom. The zero-order chi connectivity index (χ0) is 9.97. The zero-order valence-electron chi connectivity index (χ0n) is 8.09. The molecule has 0 radical (unpaired) electrons. The van der Waals surface area contributed by atoms with Crippen LogP contribution in [0.3, 0.4) is 0 Å². The molecule has 0 spiro atoms. The van der Waals surface area contributed by atoms with Crippen molar-refractivity contribution in [2.75, 3.05) is 6.54 Å². The second-order valence-corrected chi connectivity index (χ2v) is 3.34. The van der Waals surface area contributed by atoms with E-state index < -0.39 is 0 Å². The molecule has 0 amide bonds. The molecule has 14 heavy (non-hydrogen) atoms. The first-order chi connectivity index (χ1) is 6.83. The summed E-state index contributed by atoms with van der Waals surface area (Å²) in [4.78, 5) is 3.98. The van der Waals surface area contributed by atoms with Crippen LogP contribution in [-0.2, 0) is 0 Å². The molecular weight excluding hydrogens is 178 g/mol. The summed E-state index contributed by atoms with van der Waals surface area (Å²) in [6, 6.07) is 0. The van der Waals surface area contributed by atoms with Crippen molar-refractivity contribution in [2.45, 2.75) is 19.3 Å². The summed E-state index contributed by atoms with van der Waals surface area (Å²) < 4.78 is 1.95. The van der Waals surface area contributed by atoms with Gasteiger partial charge in [-0.3, -0.25) is 9.38 Å². The van der Waals surface area contributed by atoms with Crippen molar-refractivity contribution in [3.63, 3.8) is 0 Å². The second-order valence-electron chi connectivity index (χ2n) is 3.34. The Kier molecular flexibility index (Phi) is 2.41. The molecule has 0 saturated heterocycles. The van der Waals surface area contributed by atoms with Crippen LogP contribution in [0.5, 0.6) is 0 Å². The number of rotatable bonds is 3. The topological polar surface area (TPSA) is 69.1 Å². The van der Waals surface area contributed by atoms with E-state index in [-0.39, 0.29) is 0 Å². The molecule has 0 aliphatic rings. The highest BCUT2D eigenvalue weighted by molar-refractivity contribution is 5.34. The van der Waals surface area contributed by atoms with Crippen LogP contribution in [0.2, 0.25) is 0 Å². The largest absolute Gasteiger partial charge is 0.330 e. The fourth-order valence-corrected chi connectivity index (χ4v) is 1.49. The van der Waals surface area contributed by atoms with Gasteiger partial charge in [-0.1, -0.05) is 6.92 Å². The summed E-state index contributed by atoms with van der Waals surface area (Å²) in [5, 5.41) is 8.16. The lowest BCUT2D eigenvalue weighted by atomic mass is 10.1. The highest BCUT2D eigenvalue weighted by Gasteiger charge is 2.11. The first kappa shape index (κ1) is 9.08. The Morgan fingerprint density at radius 2 is 2.36 bits per heavy atom. The summed E-state index contributed by atoms with van der Waals surface area (Å²) >= 11 is 0. The lowest BCUT2D eigenvalue weighted by Gasteiger charge is -2.06. The van der Waals surface area contributed by atoms with E-state index in [9.17, 15) is 0 Å². The molecule has 74 valence electrons. The number of fused-ring (bicyclic) bond motifs is 1. The third-order valence-electron chi connectivity index (χ3n) is 2.28. The van der Waals surface area contributed by atoms with Crippen molar-refractivity contribution in [1.82, 2.24) is 19.6 Å². The molecule has 1 unspecified atom stereocenters. The second kappa shape index (κ2) is 3.71. The van der Waals surface area contributed by atoms with Crippen LogP contribution < -0.4 is 5.73 Å². The molecule has 0 fully saturated rings. The predicted molar refractivity (Wildman–Crippen MR) is 52.9 cm³/mol. The summed E-state index contributed by atoms with van der Waals surface area (Å²) in [6.45, 7) is 2.77. The zero-order valence-corrected chi connectivity index (χ0v) is 8.09. The van der Waals surface area contributed by atoms with Gasteiger partial charge in [0.2, 0.25) is 0 Å². The number of hydrogen-bond donors (Lipinski definition) is 1. The van der Waals surface area contributed by atoms with Gasteiger partial charge < -0.3 is 5.73 Å². The van der Waals surface area contributed by atoms with E-state index in [1.807, 2.05) is 10.6 Å². The van der Waals surface area contributed by atoms with Gasteiger partial charge >= 0.3 is 0 Å². The normalized spacial score (nSPS) is 13.3. The molecule has 2 rings (SSSR count). The Morgan fingerprint density at radius 1 is 1.50 bits per heavy atom. The van der Waals surface area contributed by atoms with Crippen LogP contribution in [0.4, 0.5) is 0 Å². The van der Waals surface area contributed by atoms with E-state index in [0.29, 0.717) is 12.5 Å². The van der Waals surface area contributed by atoms with E-state index >= 15 is 0 Å². The molecule has 5 nitrogen and oxygen atoms in total. The predicted octanol–water partition coefficient (Wildman–Crippen LogP) is 0.577. The Balaban J connectivity index is 2.42. The molecule has 2 aromatic heterocycles. The number of aromatic nitrogens is 4. The molecule has 2 N–H and O–H groups in total. The van der Waals surface area contributed by atoms with Crippen LogP contribution in [-0.4, -0.2) is 26.1 Å². The standard InChI is InChI=1S/C9H13N5/c1-7(2-3-10)9-13-12-8-6-11-4-5-14(8)9/h4-7H,2-3,10H2,1H3. The third kappa shape index (κ3) is 1.46. The van der Waals surface area contributed by atoms with Gasteiger partial charge in [0.05, 0.1) is 6.20 Å². The van der Waals surface area contributed by atoms with E-state index in [1.165, 1.54) is 0 Å². The monoisotopic (exact) mass is 191 g/mol. The smallest absolute Gasteiger partial charge is 0.179 e. The lowest BCUT2D eigenvalue weighted by molar-refractivity contribution is 0.639. The highest BCUT2D eigenvalue weighted by Crippen LogP contribution is 2.16. The first-order valence-electron chi connectivity index (χ1n) is 4.67. The Labute approximate surface area is 82.0 Å². The minimum absolute atomic E-state index is 0.331. The minimum atomic E-state index is 0.331. The quantitative estimate of drug-likeness (QED) is 0.770.